The van der Waals surface area contributed by atoms with Crippen LogP contribution in [0.25, 0.3) is 0 Å². The molecule has 0 N–H and O–H groups in total. The topological polar surface area (TPSA) is 26.3 Å². The van der Waals surface area contributed by atoms with Crippen molar-refractivity contribution in [3.8, 4) is 0 Å². The van der Waals surface area contributed by atoms with E-state index < -0.39 is 0 Å². The maximum atomic E-state index is 11.9. The van der Waals surface area contributed by atoms with Gasteiger partial charge < -0.3 is 4.74 Å². The third kappa shape index (κ3) is 4.59. The van der Waals surface area contributed by atoms with Crippen LogP contribution < -0.4 is 0 Å². The van der Waals surface area contributed by atoms with E-state index in [1.807, 2.05) is 37.3 Å². The van der Waals surface area contributed by atoms with Crippen LogP contribution in [0.15, 0.2) is 30.3 Å². The highest BCUT2D eigenvalue weighted by Crippen LogP contribution is 2.20. The highest BCUT2D eigenvalue weighted by Gasteiger charge is 2.19. The molecule has 1 unspecified atom stereocenters. The summed E-state index contributed by atoms with van der Waals surface area (Å²) in [4.78, 5) is 11.9. The number of hydrogen-bond acceptors (Lipinski definition) is 2. The quantitative estimate of drug-likeness (QED) is 0.528. The Bertz CT molecular complexity index is 319. The molecule has 1 aromatic carbocycles. The molecule has 0 fully saturated rings. The van der Waals surface area contributed by atoms with Gasteiger partial charge in [0.2, 0.25) is 0 Å². The zero-order valence-corrected chi connectivity index (χ0v) is 10.8. The monoisotopic (exact) mass is 234 g/mol. The lowest BCUT2D eigenvalue weighted by Gasteiger charge is -2.14. The summed E-state index contributed by atoms with van der Waals surface area (Å²) >= 11 is 0. The van der Waals surface area contributed by atoms with E-state index in [0.29, 0.717) is 6.61 Å². The van der Waals surface area contributed by atoms with Crippen molar-refractivity contribution in [3.05, 3.63) is 35.9 Å². The molecule has 1 rings (SSSR count). The summed E-state index contributed by atoms with van der Waals surface area (Å²) in [5, 5.41) is 0. The molecule has 0 spiro atoms. The van der Waals surface area contributed by atoms with E-state index in [4.69, 9.17) is 4.74 Å². The summed E-state index contributed by atoms with van der Waals surface area (Å²) < 4.78 is 5.31. The van der Waals surface area contributed by atoms with Gasteiger partial charge in [-0.3, -0.25) is 4.79 Å². The molecule has 1 atom stereocenters. The third-order valence-corrected chi connectivity index (χ3v) is 2.89. The van der Waals surface area contributed by atoms with Crippen LogP contribution in [-0.2, 0) is 9.53 Å². The van der Waals surface area contributed by atoms with Crippen molar-refractivity contribution in [2.75, 3.05) is 6.61 Å². The largest absolute Gasteiger partial charge is 0.465 e. The van der Waals surface area contributed by atoms with Crippen LogP contribution in [-0.4, -0.2) is 12.6 Å². The van der Waals surface area contributed by atoms with Gasteiger partial charge >= 0.3 is 5.97 Å². The Hall–Kier alpha value is -1.31. The number of esters is 1. The number of rotatable bonds is 7. The Morgan fingerprint density at radius 1 is 1.18 bits per heavy atom. The van der Waals surface area contributed by atoms with E-state index in [2.05, 4.69) is 6.92 Å². The minimum Gasteiger partial charge on any atom is -0.465 e. The molecular formula is C15H22O2. The Labute approximate surface area is 104 Å². The van der Waals surface area contributed by atoms with Crippen LogP contribution in [0.3, 0.4) is 0 Å². The first-order chi connectivity index (χ1) is 8.29. The molecule has 0 aliphatic carbocycles. The zero-order chi connectivity index (χ0) is 12.5. The fraction of sp³-hybridized carbons (Fsp3) is 0.533. The molecule has 2 heteroatoms. The first-order valence-corrected chi connectivity index (χ1v) is 6.51. The summed E-state index contributed by atoms with van der Waals surface area (Å²) in [5.41, 5.74) is 1.05. The molecule has 0 aromatic heterocycles. The van der Waals surface area contributed by atoms with E-state index in [9.17, 15) is 4.79 Å². The molecule has 0 aliphatic rings. The number of benzene rings is 1. The van der Waals surface area contributed by atoms with Gasteiger partial charge in [-0.05, 0) is 18.4 Å². The summed E-state index contributed by atoms with van der Waals surface area (Å²) in [6, 6.07) is 9.86. The van der Waals surface area contributed by atoms with Crippen molar-refractivity contribution in [2.45, 2.75) is 45.4 Å². The highest BCUT2D eigenvalue weighted by molar-refractivity contribution is 5.78. The van der Waals surface area contributed by atoms with E-state index >= 15 is 0 Å². The minimum atomic E-state index is -0.113. The van der Waals surface area contributed by atoms with E-state index in [-0.39, 0.29) is 11.9 Å². The molecule has 94 valence electrons. The van der Waals surface area contributed by atoms with E-state index in [1.54, 1.807) is 0 Å². The highest BCUT2D eigenvalue weighted by atomic mass is 16.5. The SMILES string of the molecule is CCCCCOC(=O)C(CC)c1ccccc1. The molecular weight excluding hydrogens is 212 g/mol. The number of unbranched alkanes of at least 4 members (excludes halogenated alkanes) is 2. The maximum absolute atomic E-state index is 11.9. The van der Waals surface area contributed by atoms with Crippen molar-refractivity contribution in [1.29, 1.82) is 0 Å². The van der Waals surface area contributed by atoms with Gasteiger partial charge in [0.25, 0.3) is 0 Å². The van der Waals surface area contributed by atoms with Gasteiger partial charge in [-0.25, -0.2) is 0 Å². The molecule has 0 aliphatic heterocycles. The molecule has 0 radical (unpaired) electrons. The first-order valence-electron chi connectivity index (χ1n) is 6.51. The van der Waals surface area contributed by atoms with Crippen molar-refractivity contribution in [2.24, 2.45) is 0 Å². The Morgan fingerprint density at radius 2 is 1.88 bits per heavy atom. The average Bonchev–Trinajstić information content (AvgIpc) is 2.37. The Kier molecular flexibility index (Phi) is 6.38. The normalized spacial score (nSPS) is 12.1. The van der Waals surface area contributed by atoms with Gasteiger partial charge in [0, 0.05) is 0 Å². The molecule has 2 nitrogen and oxygen atoms in total. The predicted molar refractivity (Wildman–Crippen MR) is 70.0 cm³/mol. The summed E-state index contributed by atoms with van der Waals surface area (Å²) in [5.74, 6) is -0.201. The molecule has 17 heavy (non-hydrogen) atoms. The van der Waals surface area contributed by atoms with Crippen LogP contribution in [0, 0.1) is 0 Å². The van der Waals surface area contributed by atoms with Gasteiger partial charge in [-0.15, -0.1) is 0 Å². The van der Waals surface area contributed by atoms with Crippen LogP contribution >= 0.6 is 0 Å². The zero-order valence-electron chi connectivity index (χ0n) is 10.8. The lowest BCUT2D eigenvalue weighted by Crippen LogP contribution is -2.16. The lowest BCUT2D eigenvalue weighted by atomic mass is 9.97. The minimum absolute atomic E-state index is 0.0881. The standard InChI is InChI=1S/C15H22O2/c1-3-5-9-12-17-15(16)14(4-2)13-10-7-6-8-11-13/h6-8,10-11,14H,3-5,9,12H2,1-2H3. The number of carbonyl (C=O) groups excluding carboxylic acids is 1. The van der Waals surface area contributed by atoms with E-state index in [1.165, 1.54) is 0 Å². The second-order valence-corrected chi connectivity index (χ2v) is 4.25. The van der Waals surface area contributed by atoms with Crippen molar-refractivity contribution in [1.82, 2.24) is 0 Å². The summed E-state index contributed by atoms with van der Waals surface area (Å²) in [7, 11) is 0. The van der Waals surface area contributed by atoms with Crippen molar-refractivity contribution in [3.63, 3.8) is 0 Å². The summed E-state index contributed by atoms with van der Waals surface area (Å²) in [6.45, 7) is 4.71. The Morgan fingerprint density at radius 3 is 2.47 bits per heavy atom. The van der Waals surface area contributed by atoms with Crippen molar-refractivity contribution < 1.29 is 9.53 Å². The first kappa shape index (κ1) is 13.8. The van der Waals surface area contributed by atoms with Gasteiger partial charge in [0.05, 0.1) is 12.5 Å². The van der Waals surface area contributed by atoms with E-state index in [0.717, 1.165) is 31.2 Å². The number of hydrogen-bond donors (Lipinski definition) is 0. The van der Waals surface area contributed by atoms with Crippen LogP contribution in [0.2, 0.25) is 0 Å². The number of carbonyl (C=O) groups is 1. The Balaban J connectivity index is 2.48. The van der Waals surface area contributed by atoms with Crippen LogP contribution in [0.1, 0.15) is 51.0 Å². The number of ether oxygens (including phenoxy) is 1. The predicted octanol–water partition coefficient (Wildman–Crippen LogP) is 3.91. The second-order valence-electron chi connectivity index (χ2n) is 4.25. The van der Waals surface area contributed by atoms with Crippen molar-refractivity contribution >= 4 is 5.97 Å². The van der Waals surface area contributed by atoms with Crippen LogP contribution in [0.4, 0.5) is 0 Å². The van der Waals surface area contributed by atoms with Gasteiger partial charge in [0.15, 0.2) is 0 Å². The summed E-state index contributed by atoms with van der Waals surface area (Å²) in [6.07, 6.45) is 4.02. The molecule has 0 heterocycles. The molecule has 0 amide bonds. The maximum Gasteiger partial charge on any atom is 0.313 e. The van der Waals surface area contributed by atoms with Gasteiger partial charge in [-0.1, -0.05) is 57.0 Å². The van der Waals surface area contributed by atoms with Crippen LogP contribution in [0.5, 0.6) is 0 Å². The smallest absolute Gasteiger partial charge is 0.313 e. The molecule has 0 saturated heterocycles. The fourth-order valence-electron chi connectivity index (χ4n) is 1.85. The molecule has 0 bridgehead atoms. The second kappa shape index (κ2) is 7.88. The fourth-order valence-corrected chi connectivity index (χ4v) is 1.85. The molecule has 1 aromatic rings. The molecule has 0 saturated carbocycles. The van der Waals surface area contributed by atoms with Gasteiger partial charge in [-0.2, -0.15) is 0 Å². The lowest BCUT2D eigenvalue weighted by molar-refractivity contribution is -0.145. The average molecular weight is 234 g/mol. The third-order valence-electron chi connectivity index (χ3n) is 2.89. The van der Waals surface area contributed by atoms with Gasteiger partial charge in [0.1, 0.15) is 0 Å².